The van der Waals surface area contributed by atoms with Crippen molar-refractivity contribution in [3.05, 3.63) is 64.4 Å². The Hall–Kier alpha value is -1.72. The molecule has 0 aromatic heterocycles. The number of carbonyl (C=O) groups excluding carboxylic acids is 1. The van der Waals surface area contributed by atoms with E-state index in [4.69, 9.17) is 0 Å². The largest absolute Gasteiger partial charge is 0.326 e. The Kier molecular flexibility index (Phi) is 5.90. The van der Waals surface area contributed by atoms with Crippen LogP contribution in [0.3, 0.4) is 0 Å². The lowest BCUT2D eigenvalue weighted by Gasteiger charge is -2.07. The summed E-state index contributed by atoms with van der Waals surface area (Å²) in [7, 11) is 0. The molecule has 110 valence electrons. The molecule has 0 saturated carbocycles. The minimum absolute atomic E-state index is 0.0710. The summed E-state index contributed by atoms with van der Waals surface area (Å²) in [6, 6.07) is 14.0. The zero-order valence-corrected chi connectivity index (χ0v) is 13.0. The smallest absolute Gasteiger partial charge is 0.225 e. The number of hydrogen-bond donors (Lipinski definition) is 2. The Labute approximate surface area is 131 Å². The Morgan fingerprint density at radius 3 is 2.52 bits per heavy atom. The molecule has 0 fully saturated rings. The van der Waals surface area contributed by atoms with Gasteiger partial charge in [-0.25, -0.2) is 4.39 Å². The van der Waals surface area contributed by atoms with Gasteiger partial charge < -0.3 is 10.6 Å². The fraction of sp³-hybridized carbons (Fsp3) is 0.188. The monoisotopic (exact) mass is 350 g/mol. The number of anilines is 1. The van der Waals surface area contributed by atoms with Crippen LogP contribution in [-0.4, -0.2) is 12.5 Å². The maximum atomic E-state index is 13.4. The zero-order valence-electron chi connectivity index (χ0n) is 11.4. The van der Waals surface area contributed by atoms with Gasteiger partial charge in [0.15, 0.2) is 0 Å². The standard InChI is InChI=1S/C16H16BrFN2O/c17-13-5-7-14(8-6-13)20-16(21)9-10-19-11-12-3-1-2-4-15(12)18/h1-8,19H,9-11H2,(H,20,21). The highest BCUT2D eigenvalue weighted by molar-refractivity contribution is 9.10. The lowest BCUT2D eigenvalue weighted by Crippen LogP contribution is -2.21. The molecule has 2 N–H and O–H groups in total. The van der Waals surface area contributed by atoms with Crippen LogP contribution >= 0.6 is 15.9 Å². The zero-order chi connectivity index (χ0) is 15.1. The number of rotatable bonds is 6. The SMILES string of the molecule is O=C(CCNCc1ccccc1F)Nc1ccc(Br)cc1. The number of benzene rings is 2. The third-order valence-corrected chi connectivity index (χ3v) is 3.46. The number of nitrogens with one attached hydrogen (secondary N) is 2. The molecular weight excluding hydrogens is 335 g/mol. The van der Waals surface area contributed by atoms with E-state index in [1.807, 2.05) is 24.3 Å². The molecule has 21 heavy (non-hydrogen) atoms. The lowest BCUT2D eigenvalue weighted by atomic mass is 10.2. The first-order valence-corrected chi connectivity index (χ1v) is 7.44. The highest BCUT2D eigenvalue weighted by Crippen LogP contribution is 2.14. The Morgan fingerprint density at radius 2 is 1.81 bits per heavy atom. The lowest BCUT2D eigenvalue weighted by molar-refractivity contribution is -0.116. The van der Waals surface area contributed by atoms with Crippen LogP contribution in [0, 0.1) is 5.82 Å². The summed E-state index contributed by atoms with van der Waals surface area (Å²) >= 11 is 3.34. The van der Waals surface area contributed by atoms with Crippen molar-refractivity contribution in [3.63, 3.8) is 0 Å². The number of amides is 1. The molecule has 2 aromatic rings. The van der Waals surface area contributed by atoms with Crippen molar-refractivity contribution in [2.45, 2.75) is 13.0 Å². The molecule has 1 amide bonds. The molecule has 2 rings (SSSR count). The normalized spacial score (nSPS) is 10.4. The van der Waals surface area contributed by atoms with Crippen molar-refractivity contribution >= 4 is 27.5 Å². The van der Waals surface area contributed by atoms with Crippen molar-refractivity contribution in [3.8, 4) is 0 Å². The third-order valence-electron chi connectivity index (χ3n) is 2.93. The van der Waals surface area contributed by atoms with Gasteiger partial charge in [-0.15, -0.1) is 0 Å². The summed E-state index contributed by atoms with van der Waals surface area (Å²) in [5.41, 5.74) is 1.36. The fourth-order valence-electron chi connectivity index (χ4n) is 1.82. The molecule has 3 nitrogen and oxygen atoms in total. The van der Waals surface area contributed by atoms with Gasteiger partial charge >= 0.3 is 0 Å². The van der Waals surface area contributed by atoms with E-state index < -0.39 is 0 Å². The van der Waals surface area contributed by atoms with Gasteiger partial charge in [-0.05, 0) is 30.3 Å². The first-order chi connectivity index (χ1) is 10.1. The molecule has 0 heterocycles. The van der Waals surface area contributed by atoms with Gasteiger partial charge in [0.1, 0.15) is 5.82 Å². The van der Waals surface area contributed by atoms with Gasteiger partial charge in [0.05, 0.1) is 0 Å². The van der Waals surface area contributed by atoms with E-state index in [1.54, 1.807) is 18.2 Å². The van der Waals surface area contributed by atoms with E-state index in [1.165, 1.54) is 6.07 Å². The van der Waals surface area contributed by atoms with Crippen molar-refractivity contribution in [1.82, 2.24) is 5.32 Å². The van der Waals surface area contributed by atoms with E-state index in [-0.39, 0.29) is 11.7 Å². The van der Waals surface area contributed by atoms with Crippen molar-refractivity contribution in [2.75, 3.05) is 11.9 Å². The molecule has 0 atom stereocenters. The molecule has 0 radical (unpaired) electrons. The highest BCUT2D eigenvalue weighted by Gasteiger charge is 2.03. The molecular formula is C16H16BrFN2O. The minimum atomic E-state index is -0.232. The maximum absolute atomic E-state index is 13.4. The first kappa shape index (κ1) is 15.7. The molecule has 0 aliphatic rings. The van der Waals surface area contributed by atoms with Gasteiger partial charge in [0.25, 0.3) is 0 Å². The number of carbonyl (C=O) groups is 1. The van der Waals surface area contributed by atoms with Gasteiger partial charge in [0.2, 0.25) is 5.91 Å². The molecule has 0 aliphatic carbocycles. The van der Waals surface area contributed by atoms with Crippen LogP contribution in [0.1, 0.15) is 12.0 Å². The van der Waals surface area contributed by atoms with E-state index in [2.05, 4.69) is 26.6 Å². The minimum Gasteiger partial charge on any atom is -0.326 e. The van der Waals surface area contributed by atoms with Gasteiger partial charge in [-0.2, -0.15) is 0 Å². The van der Waals surface area contributed by atoms with E-state index >= 15 is 0 Å². The molecule has 5 heteroatoms. The summed E-state index contributed by atoms with van der Waals surface area (Å²) < 4.78 is 14.3. The van der Waals surface area contributed by atoms with E-state index in [0.29, 0.717) is 25.1 Å². The molecule has 0 bridgehead atoms. The van der Waals surface area contributed by atoms with E-state index in [0.717, 1.165) is 10.2 Å². The molecule has 0 unspecified atom stereocenters. The average molecular weight is 351 g/mol. The van der Waals surface area contributed by atoms with Crippen LogP contribution < -0.4 is 10.6 Å². The summed E-state index contributed by atoms with van der Waals surface area (Å²) in [6.07, 6.45) is 0.338. The predicted octanol–water partition coefficient (Wildman–Crippen LogP) is 3.71. The topological polar surface area (TPSA) is 41.1 Å². The first-order valence-electron chi connectivity index (χ1n) is 6.65. The molecule has 0 aliphatic heterocycles. The summed E-state index contributed by atoms with van der Waals surface area (Å²) in [4.78, 5) is 11.7. The second kappa shape index (κ2) is 7.90. The molecule has 2 aromatic carbocycles. The van der Waals surface area contributed by atoms with Crippen LogP contribution in [0.25, 0.3) is 0 Å². The van der Waals surface area contributed by atoms with Crippen LogP contribution in [-0.2, 0) is 11.3 Å². The Balaban J connectivity index is 1.70. The van der Waals surface area contributed by atoms with Gasteiger partial charge in [0, 0.05) is 35.2 Å². The number of hydrogen-bond acceptors (Lipinski definition) is 2. The highest BCUT2D eigenvalue weighted by atomic mass is 79.9. The summed E-state index contributed by atoms with van der Waals surface area (Å²) in [6.45, 7) is 0.912. The van der Waals surface area contributed by atoms with Crippen LogP contribution in [0.2, 0.25) is 0 Å². The second-order valence-electron chi connectivity index (χ2n) is 4.57. The van der Waals surface area contributed by atoms with Crippen LogP contribution in [0.4, 0.5) is 10.1 Å². The van der Waals surface area contributed by atoms with Gasteiger partial charge in [-0.3, -0.25) is 4.79 Å². The molecule has 0 saturated heterocycles. The second-order valence-corrected chi connectivity index (χ2v) is 5.49. The van der Waals surface area contributed by atoms with Crippen molar-refractivity contribution in [2.24, 2.45) is 0 Å². The summed E-state index contributed by atoms with van der Waals surface area (Å²) in [5, 5.41) is 5.87. The Morgan fingerprint density at radius 1 is 1.10 bits per heavy atom. The van der Waals surface area contributed by atoms with Crippen LogP contribution in [0.15, 0.2) is 53.0 Å². The molecule has 0 spiro atoms. The Bertz CT molecular complexity index is 601. The quantitative estimate of drug-likeness (QED) is 0.779. The maximum Gasteiger partial charge on any atom is 0.225 e. The van der Waals surface area contributed by atoms with Crippen LogP contribution in [0.5, 0.6) is 0 Å². The van der Waals surface area contributed by atoms with Gasteiger partial charge in [-0.1, -0.05) is 34.1 Å². The summed E-state index contributed by atoms with van der Waals surface area (Å²) in [5.74, 6) is -0.303. The predicted molar refractivity (Wildman–Crippen MR) is 85.5 cm³/mol. The number of halogens is 2. The van der Waals surface area contributed by atoms with Crippen molar-refractivity contribution in [1.29, 1.82) is 0 Å². The third kappa shape index (κ3) is 5.28. The fourth-order valence-corrected chi connectivity index (χ4v) is 2.09. The van der Waals surface area contributed by atoms with Crippen molar-refractivity contribution < 1.29 is 9.18 Å². The average Bonchev–Trinajstić information content (AvgIpc) is 2.48. The van der Waals surface area contributed by atoms with E-state index in [9.17, 15) is 9.18 Å².